The number of rotatable bonds is 5. The van der Waals surface area contributed by atoms with E-state index in [1.165, 1.54) is 30.3 Å². The van der Waals surface area contributed by atoms with E-state index in [1.807, 2.05) is 19.9 Å². The van der Waals surface area contributed by atoms with Gasteiger partial charge in [-0.25, -0.2) is 8.42 Å². The standard InChI is InChI=1S/C22H19Cl2N3O3S2/c1-13-3-4-19(9-14(13)2)27-32(29,30)20-7-5-18(6-8-20)25-22(31)26-21(28)15-10-16(23)12-17(24)11-15/h3-12,27H,1-2H3,(H2,25,26,28,31). The fourth-order valence-electron chi connectivity index (χ4n) is 2.76. The average molecular weight is 508 g/mol. The van der Waals surface area contributed by atoms with E-state index in [2.05, 4.69) is 15.4 Å². The molecule has 3 aromatic rings. The lowest BCUT2D eigenvalue weighted by Gasteiger charge is -2.12. The largest absolute Gasteiger partial charge is 0.332 e. The van der Waals surface area contributed by atoms with Crippen LogP contribution in [0, 0.1) is 13.8 Å². The van der Waals surface area contributed by atoms with Gasteiger partial charge >= 0.3 is 0 Å². The fraction of sp³-hybridized carbons (Fsp3) is 0.0909. The summed E-state index contributed by atoms with van der Waals surface area (Å²) < 4.78 is 27.9. The van der Waals surface area contributed by atoms with Gasteiger partial charge in [-0.3, -0.25) is 14.8 Å². The number of aryl methyl sites for hydroxylation is 2. The second kappa shape index (κ2) is 9.87. The normalized spacial score (nSPS) is 11.0. The van der Waals surface area contributed by atoms with Crippen LogP contribution in [-0.4, -0.2) is 19.4 Å². The van der Waals surface area contributed by atoms with Crippen molar-refractivity contribution in [3.8, 4) is 0 Å². The maximum atomic E-state index is 12.7. The highest BCUT2D eigenvalue weighted by Crippen LogP contribution is 2.21. The van der Waals surface area contributed by atoms with Crippen molar-refractivity contribution in [3.63, 3.8) is 0 Å². The first-order valence-electron chi connectivity index (χ1n) is 9.32. The smallest absolute Gasteiger partial charge is 0.261 e. The summed E-state index contributed by atoms with van der Waals surface area (Å²) in [6, 6.07) is 15.8. The van der Waals surface area contributed by atoms with Crippen molar-refractivity contribution in [2.45, 2.75) is 18.7 Å². The summed E-state index contributed by atoms with van der Waals surface area (Å²) in [5.41, 5.74) is 3.31. The molecule has 0 aliphatic carbocycles. The van der Waals surface area contributed by atoms with Crippen LogP contribution in [0.5, 0.6) is 0 Å². The van der Waals surface area contributed by atoms with Gasteiger partial charge < -0.3 is 5.32 Å². The Kier molecular flexibility index (Phi) is 7.40. The number of thiocarbonyl (C=S) groups is 1. The number of halogens is 2. The molecule has 3 N–H and O–H groups in total. The number of amides is 1. The second-order valence-corrected chi connectivity index (χ2v) is 9.96. The average Bonchev–Trinajstić information content (AvgIpc) is 2.70. The molecule has 3 aromatic carbocycles. The van der Waals surface area contributed by atoms with E-state index < -0.39 is 15.9 Å². The van der Waals surface area contributed by atoms with E-state index in [4.69, 9.17) is 35.4 Å². The van der Waals surface area contributed by atoms with E-state index in [0.717, 1.165) is 11.1 Å². The number of carbonyl (C=O) groups excluding carboxylic acids is 1. The van der Waals surface area contributed by atoms with Gasteiger partial charge in [-0.15, -0.1) is 0 Å². The van der Waals surface area contributed by atoms with Gasteiger partial charge in [0.25, 0.3) is 15.9 Å². The SMILES string of the molecule is Cc1ccc(NS(=O)(=O)c2ccc(NC(=S)NC(=O)c3cc(Cl)cc(Cl)c3)cc2)cc1C. The minimum atomic E-state index is -3.76. The van der Waals surface area contributed by atoms with Crippen LogP contribution in [0.4, 0.5) is 11.4 Å². The number of carbonyl (C=O) groups is 1. The Balaban J connectivity index is 1.65. The number of hydrogen-bond donors (Lipinski definition) is 3. The highest BCUT2D eigenvalue weighted by molar-refractivity contribution is 7.92. The first kappa shape index (κ1) is 24.0. The van der Waals surface area contributed by atoms with Crippen LogP contribution in [0.2, 0.25) is 10.0 Å². The topological polar surface area (TPSA) is 87.3 Å². The van der Waals surface area contributed by atoms with Crippen LogP contribution >= 0.6 is 35.4 Å². The van der Waals surface area contributed by atoms with Gasteiger partial charge in [-0.1, -0.05) is 29.3 Å². The Morgan fingerprint density at radius 1 is 0.844 bits per heavy atom. The summed E-state index contributed by atoms with van der Waals surface area (Å²) in [6.07, 6.45) is 0. The van der Waals surface area contributed by atoms with Gasteiger partial charge in [0.1, 0.15) is 0 Å². The van der Waals surface area contributed by atoms with Crippen LogP contribution in [0.25, 0.3) is 0 Å². The first-order valence-corrected chi connectivity index (χ1v) is 12.0. The zero-order chi connectivity index (χ0) is 23.5. The van der Waals surface area contributed by atoms with Crippen molar-refractivity contribution in [2.75, 3.05) is 10.0 Å². The van der Waals surface area contributed by atoms with E-state index in [9.17, 15) is 13.2 Å². The quantitative estimate of drug-likeness (QED) is 0.394. The van der Waals surface area contributed by atoms with Crippen LogP contribution in [-0.2, 0) is 10.0 Å². The van der Waals surface area contributed by atoms with Crippen molar-refractivity contribution in [1.29, 1.82) is 0 Å². The molecule has 6 nitrogen and oxygen atoms in total. The van der Waals surface area contributed by atoms with Crippen LogP contribution < -0.4 is 15.4 Å². The number of hydrogen-bond acceptors (Lipinski definition) is 4. The van der Waals surface area contributed by atoms with E-state index in [1.54, 1.807) is 24.3 Å². The van der Waals surface area contributed by atoms with E-state index >= 15 is 0 Å². The number of benzene rings is 3. The summed E-state index contributed by atoms with van der Waals surface area (Å²) in [4.78, 5) is 12.4. The summed E-state index contributed by atoms with van der Waals surface area (Å²) in [5.74, 6) is -0.483. The Hall–Kier alpha value is -2.65. The van der Waals surface area contributed by atoms with Crippen LogP contribution in [0.1, 0.15) is 21.5 Å². The molecular formula is C22H19Cl2N3O3S2. The molecule has 10 heteroatoms. The van der Waals surface area contributed by atoms with Gasteiger partial charge in [0.2, 0.25) is 0 Å². The predicted molar refractivity (Wildman–Crippen MR) is 133 cm³/mol. The Bertz CT molecular complexity index is 1270. The molecule has 3 rings (SSSR count). The second-order valence-electron chi connectivity index (χ2n) is 7.00. The summed E-state index contributed by atoms with van der Waals surface area (Å²) >= 11 is 17.0. The van der Waals surface area contributed by atoms with Gasteiger partial charge in [0.05, 0.1) is 4.90 Å². The zero-order valence-corrected chi connectivity index (χ0v) is 20.2. The lowest BCUT2D eigenvalue weighted by molar-refractivity contribution is 0.0977. The maximum absolute atomic E-state index is 12.7. The summed E-state index contributed by atoms with van der Waals surface area (Å²) in [5, 5.41) is 6.04. The third-order valence-electron chi connectivity index (χ3n) is 4.53. The molecule has 0 spiro atoms. The first-order chi connectivity index (χ1) is 15.0. The van der Waals surface area contributed by atoms with Gasteiger partial charge in [-0.2, -0.15) is 0 Å². The molecule has 0 fully saturated rings. The van der Waals surface area contributed by atoms with Gasteiger partial charge in [0.15, 0.2) is 5.11 Å². The molecule has 0 heterocycles. The molecule has 0 aliphatic heterocycles. The third-order valence-corrected chi connectivity index (χ3v) is 6.57. The zero-order valence-electron chi connectivity index (χ0n) is 17.1. The molecule has 166 valence electrons. The molecule has 0 atom stereocenters. The molecule has 32 heavy (non-hydrogen) atoms. The molecule has 0 saturated carbocycles. The van der Waals surface area contributed by atoms with E-state index in [-0.39, 0.29) is 15.6 Å². The van der Waals surface area contributed by atoms with Crippen molar-refractivity contribution in [2.24, 2.45) is 0 Å². The monoisotopic (exact) mass is 507 g/mol. The Labute approximate surface area is 202 Å². The van der Waals surface area contributed by atoms with Crippen molar-refractivity contribution in [3.05, 3.63) is 87.4 Å². The number of nitrogens with one attached hydrogen (secondary N) is 3. The molecule has 0 aromatic heterocycles. The minimum Gasteiger partial charge on any atom is -0.332 e. The summed E-state index contributed by atoms with van der Waals surface area (Å²) in [6.45, 7) is 3.87. The molecule has 0 saturated heterocycles. The summed E-state index contributed by atoms with van der Waals surface area (Å²) in [7, 11) is -3.76. The van der Waals surface area contributed by atoms with Crippen LogP contribution in [0.3, 0.4) is 0 Å². The lowest BCUT2D eigenvalue weighted by Crippen LogP contribution is -2.34. The molecule has 0 bridgehead atoms. The number of anilines is 2. The molecule has 1 amide bonds. The van der Waals surface area contributed by atoms with Crippen molar-refractivity contribution in [1.82, 2.24) is 5.32 Å². The van der Waals surface area contributed by atoms with Crippen LogP contribution in [0.15, 0.2) is 65.6 Å². The number of sulfonamides is 1. The molecule has 0 radical (unpaired) electrons. The maximum Gasteiger partial charge on any atom is 0.261 e. The lowest BCUT2D eigenvalue weighted by atomic mass is 10.1. The minimum absolute atomic E-state index is 0.0370. The highest BCUT2D eigenvalue weighted by Gasteiger charge is 2.15. The molecular weight excluding hydrogens is 489 g/mol. The van der Waals surface area contributed by atoms with Crippen molar-refractivity contribution >= 4 is 67.8 Å². The van der Waals surface area contributed by atoms with Crippen molar-refractivity contribution < 1.29 is 13.2 Å². The van der Waals surface area contributed by atoms with Gasteiger partial charge in [0, 0.05) is 27.0 Å². The van der Waals surface area contributed by atoms with Gasteiger partial charge in [-0.05, 0) is 91.8 Å². The molecule has 0 unspecified atom stereocenters. The Morgan fingerprint density at radius 2 is 1.44 bits per heavy atom. The Morgan fingerprint density at radius 3 is 2.03 bits per heavy atom. The fourth-order valence-corrected chi connectivity index (χ4v) is 4.55. The highest BCUT2D eigenvalue weighted by atomic mass is 35.5. The molecule has 0 aliphatic rings. The third kappa shape index (κ3) is 6.20. The predicted octanol–water partition coefficient (Wildman–Crippen LogP) is 5.54. The van der Waals surface area contributed by atoms with E-state index in [0.29, 0.717) is 21.4 Å².